The van der Waals surface area contributed by atoms with Crippen molar-refractivity contribution >= 4 is 12.0 Å². The summed E-state index contributed by atoms with van der Waals surface area (Å²) in [5.74, 6) is -1.43. The molecule has 0 spiro atoms. The number of carbonyl (C=O) groups is 1. The summed E-state index contributed by atoms with van der Waals surface area (Å²) >= 11 is 0. The van der Waals surface area contributed by atoms with E-state index in [4.69, 9.17) is 0 Å². The minimum absolute atomic E-state index is 0.0743. The Morgan fingerprint density at radius 2 is 1.60 bits per heavy atom. The highest BCUT2D eigenvalue weighted by molar-refractivity contribution is 5.81. The smallest absolute Gasteiger partial charge is 0.152 e. The Bertz CT molecular complexity index is 610. The summed E-state index contributed by atoms with van der Waals surface area (Å²) in [7, 11) is 0. The highest BCUT2D eigenvalue weighted by Crippen LogP contribution is 2.28. The van der Waals surface area contributed by atoms with Gasteiger partial charge in [0.1, 0.15) is 5.69 Å². The highest BCUT2D eigenvalue weighted by Gasteiger charge is 2.19. The molecule has 0 unspecified atom stereocenters. The van der Waals surface area contributed by atoms with Crippen molar-refractivity contribution in [1.82, 2.24) is 0 Å². The fourth-order valence-electron chi connectivity index (χ4n) is 2.11. The molecule has 0 atom stereocenters. The van der Waals surface area contributed by atoms with Crippen molar-refractivity contribution < 1.29 is 13.6 Å². The van der Waals surface area contributed by atoms with Crippen LogP contribution in [0, 0.1) is 25.5 Å². The number of hydrogen-bond donors (Lipinski definition) is 1. The van der Waals surface area contributed by atoms with Crippen LogP contribution in [0.5, 0.6) is 0 Å². The lowest BCUT2D eigenvalue weighted by Gasteiger charge is -2.14. The fourth-order valence-corrected chi connectivity index (χ4v) is 2.11. The average Bonchev–Trinajstić information content (AvgIpc) is 2.47. The topological polar surface area (TPSA) is 29.1 Å². The maximum Gasteiger partial charge on any atom is 0.152 e. The van der Waals surface area contributed by atoms with Gasteiger partial charge in [-0.2, -0.15) is 0 Å². The van der Waals surface area contributed by atoms with Crippen LogP contribution in [0.2, 0.25) is 0 Å². The van der Waals surface area contributed by atoms with Crippen LogP contribution >= 0.6 is 0 Å². The Hall–Kier alpha value is -2.23. The van der Waals surface area contributed by atoms with Gasteiger partial charge in [-0.1, -0.05) is 30.3 Å². The summed E-state index contributed by atoms with van der Waals surface area (Å²) < 4.78 is 28.3. The van der Waals surface area contributed by atoms with Gasteiger partial charge in [0.05, 0.1) is 0 Å². The van der Waals surface area contributed by atoms with E-state index in [0.717, 1.165) is 5.56 Å². The molecular weight excluding hydrogens is 260 g/mol. The Morgan fingerprint density at radius 1 is 1.05 bits per heavy atom. The molecule has 2 rings (SSSR count). The van der Waals surface area contributed by atoms with Crippen LogP contribution in [0.1, 0.15) is 27.0 Å². The molecule has 0 aliphatic carbocycles. The SMILES string of the molecule is Cc1c(F)c(NCc2ccccc2)c(F)c(C)c1C=O. The van der Waals surface area contributed by atoms with Crippen molar-refractivity contribution in [2.45, 2.75) is 20.4 Å². The molecule has 1 N–H and O–H groups in total. The molecule has 4 heteroatoms. The second-order valence-electron chi connectivity index (χ2n) is 4.62. The van der Waals surface area contributed by atoms with Crippen LogP contribution in [0.25, 0.3) is 0 Å². The molecule has 0 aliphatic heterocycles. The predicted octanol–water partition coefficient (Wildman–Crippen LogP) is 4.01. The standard InChI is InChI=1S/C16H15F2NO/c1-10-13(9-20)11(2)15(18)16(14(10)17)19-8-12-6-4-3-5-7-12/h3-7,9,19H,8H2,1-2H3. The zero-order chi connectivity index (χ0) is 14.7. The third-order valence-electron chi connectivity index (χ3n) is 3.34. The summed E-state index contributed by atoms with van der Waals surface area (Å²) in [6, 6.07) is 9.31. The van der Waals surface area contributed by atoms with E-state index < -0.39 is 11.6 Å². The second kappa shape index (κ2) is 5.82. The third-order valence-corrected chi connectivity index (χ3v) is 3.34. The summed E-state index contributed by atoms with van der Waals surface area (Å²) in [4.78, 5) is 10.9. The lowest BCUT2D eigenvalue weighted by Crippen LogP contribution is -2.09. The molecule has 2 nitrogen and oxygen atoms in total. The van der Waals surface area contributed by atoms with Gasteiger partial charge in [-0.15, -0.1) is 0 Å². The number of hydrogen-bond acceptors (Lipinski definition) is 2. The van der Waals surface area contributed by atoms with E-state index in [1.54, 1.807) is 0 Å². The van der Waals surface area contributed by atoms with Crippen molar-refractivity contribution in [2.24, 2.45) is 0 Å². The van der Waals surface area contributed by atoms with Gasteiger partial charge in [-0.25, -0.2) is 8.78 Å². The molecule has 0 radical (unpaired) electrons. The van der Waals surface area contributed by atoms with Gasteiger partial charge in [-0.3, -0.25) is 4.79 Å². The molecule has 104 valence electrons. The van der Waals surface area contributed by atoms with Gasteiger partial charge in [0.25, 0.3) is 0 Å². The van der Waals surface area contributed by atoms with Gasteiger partial charge in [0.2, 0.25) is 0 Å². The van der Waals surface area contributed by atoms with Gasteiger partial charge >= 0.3 is 0 Å². The van der Waals surface area contributed by atoms with E-state index in [0.29, 0.717) is 12.8 Å². The highest BCUT2D eigenvalue weighted by atomic mass is 19.1. The van der Waals surface area contributed by atoms with Crippen LogP contribution in [-0.2, 0) is 6.54 Å². The maximum absolute atomic E-state index is 14.1. The lowest BCUT2D eigenvalue weighted by molar-refractivity contribution is 0.112. The first kappa shape index (κ1) is 14.2. The van der Waals surface area contributed by atoms with E-state index >= 15 is 0 Å². The van der Waals surface area contributed by atoms with Gasteiger partial charge in [0.15, 0.2) is 17.9 Å². The first-order valence-corrected chi connectivity index (χ1v) is 6.27. The monoisotopic (exact) mass is 275 g/mol. The Kier molecular flexibility index (Phi) is 4.13. The second-order valence-corrected chi connectivity index (χ2v) is 4.62. The average molecular weight is 275 g/mol. The number of nitrogens with one attached hydrogen (secondary N) is 1. The summed E-state index contributed by atoms with van der Waals surface area (Å²) in [6.07, 6.45) is 0.484. The summed E-state index contributed by atoms with van der Waals surface area (Å²) in [6.45, 7) is 3.26. The Labute approximate surface area is 116 Å². The van der Waals surface area contributed by atoms with Crippen molar-refractivity contribution in [1.29, 1.82) is 0 Å². The zero-order valence-corrected chi connectivity index (χ0v) is 11.3. The van der Waals surface area contributed by atoms with E-state index in [9.17, 15) is 13.6 Å². The quantitative estimate of drug-likeness (QED) is 0.854. The molecule has 0 fully saturated rings. The number of aldehydes is 1. The van der Waals surface area contributed by atoms with Gasteiger partial charge in [-0.05, 0) is 30.5 Å². The number of carbonyl (C=O) groups excluding carboxylic acids is 1. The Morgan fingerprint density at radius 3 is 2.10 bits per heavy atom. The third kappa shape index (κ3) is 2.54. The number of rotatable bonds is 4. The Balaban J connectivity index is 2.35. The predicted molar refractivity (Wildman–Crippen MR) is 75.0 cm³/mol. The maximum atomic E-state index is 14.1. The molecular formula is C16H15F2NO. The number of halogens is 2. The molecule has 0 aromatic heterocycles. The van der Waals surface area contributed by atoms with Crippen molar-refractivity contribution in [3.8, 4) is 0 Å². The van der Waals surface area contributed by atoms with E-state index in [1.807, 2.05) is 30.3 Å². The molecule has 0 aliphatic rings. The number of benzene rings is 2. The van der Waals surface area contributed by atoms with E-state index in [-0.39, 0.29) is 22.4 Å². The minimum atomic E-state index is -0.717. The van der Waals surface area contributed by atoms with Gasteiger partial charge in [0, 0.05) is 12.1 Å². The lowest BCUT2D eigenvalue weighted by atomic mass is 10.0. The first-order valence-electron chi connectivity index (χ1n) is 6.27. The van der Waals surface area contributed by atoms with Crippen LogP contribution < -0.4 is 5.32 Å². The molecule has 0 saturated carbocycles. The normalized spacial score (nSPS) is 10.4. The molecule has 0 saturated heterocycles. The molecule has 0 bridgehead atoms. The van der Waals surface area contributed by atoms with Crippen LogP contribution in [-0.4, -0.2) is 6.29 Å². The fraction of sp³-hybridized carbons (Fsp3) is 0.188. The number of anilines is 1. The molecule has 20 heavy (non-hydrogen) atoms. The van der Waals surface area contributed by atoms with Crippen LogP contribution in [0.3, 0.4) is 0 Å². The van der Waals surface area contributed by atoms with Crippen molar-refractivity contribution in [2.75, 3.05) is 5.32 Å². The molecule has 0 heterocycles. The first-order chi connectivity index (χ1) is 9.56. The molecule has 0 amide bonds. The minimum Gasteiger partial charge on any atom is -0.376 e. The van der Waals surface area contributed by atoms with Crippen LogP contribution in [0.15, 0.2) is 30.3 Å². The summed E-state index contributed by atoms with van der Waals surface area (Å²) in [5, 5.41) is 2.76. The molecule has 2 aromatic carbocycles. The van der Waals surface area contributed by atoms with Crippen molar-refractivity contribution in [3.05, 3.63) is 64.2 Å². The van der Waals surface area contributed by atoms with E-state index in [2.05, 4.69) is 5.32 Å². The summed E-state index contributed by atoms with van der Waals surface area (Å²) in [5.41, 5.74) is 1.13. The van der Waals surface area contributed by atoms with Crippen molar-refractivity contribution in [3.63, 3.8) is 0 Å². The zero-order valence-electron chi connectivity index (χ0n) is 11.3. The largest absolute Gasteiger partial charge is 0.376 e. The van der Waals surface area contributed by atoms with Gasteiger partial charge < -0.3 is 5.32 Å². The van der Waals surface area contributed by atoms with Crippen LogP contribution in [0.4, 0.5) is 14.5 Å². The molecule has 2 aromatic rings. The van der Waals surface area contributed by atoms with E-state index in [1.165, 1.54) is 13.8 Å².